The lowest BCUT2D eigenvalue weighted by atomic mass is 9.95. The highest BCUT2D eigenvalue weighted by atomic mass is 32.2. The molecule has 2 heterocycles. The predicted octanol–water partition coefficient (Wildman–Crippen LogP) is 2.70. The van der Waals surface area contributed by atoms with Crippen LogP contribution in [-0.2, 0) is 10.0 Å². The summed E-state index contributed by atoms with van der Waals surface area (Å²) in [4.78, 5) is 23.0. The van der Waals surface area contributed by atoms with Crippen LogP contribution in [-0.4, -0.2) is 68.5 Å². The van der Waals surface area contributed by atoms with Crippen LogP contribution in [0, 0.1) is 10.1 Å². The van der Waals surface area contributed by atoms with E-state index in [0.29, 0.717) is 25.3 Å². The highest BCUT2D eigenvalue weighted by Crippen LogP contribution is 2.35. The first-order chi connectivity index (χ1) is 15.7. The monoisotopic (exact) mass is 472 g/mol. The first-order valence-electron chi connectivity index (χ1n) is 10.9. The van der Waals surface area contributed by atoms with Crippen LogP contribution in [0.4, 0.5) is 11.4 Å². The molecule has 0 aliphatic carbocycles. The summed E-state index contributed by atoms with van der Waals surface area (Å²) in [7, 11) is -0.152. The number of anilines is 1. The second-order valence-corrected chi connectivity index (χ2v) is 10.3. The summed E-state index contributed by atoms with van der Waals surface area (Å²) >= 11 is 0. The van der Waals surface area contributed by atoms with Gasteiger partial charge in [-0.05, 0) is 51.2 Å². The number of hydrogen-bond acceptors (Lipinski definition) is 7. The van der Waals surface area contributed by atoms with Gasteiger partial charge >= 0.3 is 0 Å². The number of rotatable bonds is 8. The normalized spacial score (nSPS) is 15.4. The molecular weight excluding hydrogens is 444 g/mol. The minimum absolute atomic E-state index is 0.103. The van der Waals surface area contributed by atoms with Crippen molar-refractivity contribution in [3.8, 4) is 0 Å². The van der Waals surface area contributed by atoms with Crippen LogP contribution >= 0.6 is 0 Å². The van der Waals surface area contributed by atoms with Crippen molar-refractivity contribution >= 4 is 32.4 Å². The molecule has 0 atom stereocenters. The SMILES string of the molecule is CN(C)CCNS(=O)(=O)c1ccc(N2CCC(c3nc4ccccc4[nH]3)CC2)c([N+](=O)[O-])c1. The molecule has 2 N–H and O–H groups in total. The second kappa shape index (κ2) is 9.46. The number of hydrogen-bond donors (Lipinski definition) is 2. The lowest BCUT2D eigenvalue weighted by Gasteiger charge is -2.32. The van der Waals surface area contributed by atoms with Crippen LogP contribution in [0.15, 0.2) is 47.4 Å². The topological polar surface area (TPSA) is 124 Å². The average Bonchev–Trinajstić information content (AvgIpc) is 3.23. The van der Waals surface area contributed by atoms with E-state index in [0.717, 1.165) is 35.8 Å². The quantitative estimate of drug-likeness (QED) is 0.381. The fourth-order valence-corrected chi connectivity index (χ4v) is 5.17. The average molecular weight is 473 g/mol. The third kappa shape index (κ3) is 5.15. The zero-order chi connectivity index (χ0) is 23.6. The van der Waals surface area contributed by atoms with Crippen LogP contribution < -0.4 is 9.62 Å². The van der Waals surface area contributed by atoms with E-state index in [2.05, 4.69) is 9.71 Å². The van der Waals surface area contributed by atoms with Crippen molar-refractivity contribution in [2.45, 2.75) is 23.7 Å². The first-order valence-corrected chi connectivity index (χ1v) is 12.4. The van der Waals surface area contributed by atoms with Gasteiger partial charge in [0.15, 0.2) is 0 Å². The Morgan fingerprint density at radius 3 is 2.61 bits per heavy atom. The highest BCUT2D eigenvalue weighted by Gasteiger charge is 2.28. The van der Waals surface area contributed by atoms with Gasteiger partial charge in [-0.15, -0.1) is 0 Å². The number of nitro benzene ring substituents is 1. The van der Waals surface area contributed by atoms with Crippen LogP contribution in [0.25, 0.3) is 11.0 Å². The van der Waals surface area contributed by atoms with Crippen molar-refractivity contribution in [2.75, 3.05) is 45.2 Å². The Bertz CT molecular complexity index is 1220. The van der Waals surface area contributed by atoms with E-state index in [1.54, 1.807) is 6.07 Å². The molecule has 1 aliphatic heterocycles. The maximum atomic E-state index is 12.6. The molecule has 4 rings (SSSR count). The number of likely N-dealkylation sites (N-methyl/N-ethyl adjacent to an activating group) is 1. The van der Waals surface area contributed by atoms with E-state index in [1.807, 2.05) is 48.2 Å². The van der Waals surface area contributed by atoms with Gasteiger partial charge in [0.25, 0.3) is 5.69 Å². The number of nitrogens with zero attached hydrogens (tertiary/aromatic N) is 4. The van der Waals surface area contributed by atoms with E-state index in [1.165, 1.54) is 6.07 Å². The lowest BCUT2D eigenvalue weighted by Crippen LogP contribution is -2.34. The molecule has 0 amide bonds. The van der Waals surface area contributed by atoms with Gasteiger partial charge < -0.3 is 14.8 Å². The van der Waals surface area contributed by atoms with Gasteiger partial charge in [0.1, 0.15) is 11.5 Å². The molecule has 0 unspecified atom stereocenters. The molecular formula is C22H28N6O4S. The van der Waals surface area contributed by atoms with Gasteiger partial charge in [-0.25, -0.2) is 18.1 Å². The largest absolute Gasteiger partial charge is 0.366 e. The van der Waals surface area contributed by atoms with E-state index in [4.69, 9.17) is 4.98 Å². The number of aromatic amines is 1. The predicted molar refractivity (Wildman–Crippen MR) is 127 cm³/mol. The summed E-state index contributed by atoms with van der Waals surface area (Å²) in [5, 5.41) is 11.8. The molecule has 2 aromatic carbocycles. The molecule has 1 fully saturated rings. The molecule has 176 valence electrons. The number of nitrogens with one attached hydrogen (secondary N) is 2. The van der Waals surface area contributed by atoms with E-state index in [-0.39, 0.29) is 23.0 Å². The molecule has 10 nitrogen and oxygen atoms in total. The summed E-state index contributed by atoms with van der Waals surface area (Å²) < 4.78 is 27.6. The number of aromatic nitrogens is 2. The van der Waals surface area contributed by atoms with E-state index in [9.17, 15) is 18.5 Å². The Morgan fingerprint density at radius 1 is 1.21 bits per heavy atom. The standard InChI is InChI=1S/C22H28N6O4S/c1-26(2)14-11-23-33(31,32)17-7-8-20(21(15-17)28(29)30)27-12-9-16(10-13-27)22-24-18-5-3-4-6-19(18)25-22/h3-8,15-16,23H,9-14H2,1-2H3,(H,24,25). The first kappa shape index (κ1) is 23.1. The van der Waals surface area contributed by atoms with Crippen molar-refractivity contribution in [2.24, 2.45) is 0 Å². The van der Waals surface area contributed by atoms with E-state index < -0.39 is 14.9 Å². The van der Waals surface area contributed by atoms with Crippen molar-refractivity contribution in [3.63, 3.8) is 0 Å². The lowest BCUT2D eigenvalue weighted by molar-refractivity contribution is -0.384. The number of benzene rings is 2. The Morgan fingerprint density at radius 2 is 1.94 bits per heavy atom. The fourth-order valence-electron chi connectivity index (χ4n) is 4.13. The molecule has 1 aromatic heterocycles. The van der Waals surface area contributed by atoms with Gasteiger partial charge in [-0.3, -0.25) is 10.1 Å². The van der Waals surface area contributed by atoms with Crippen LogP contribution in [0.2, 0.25) is 0 Å². The Balaban J connectivity index is 1.49. The van der Waals surface area contributed by atoms with Crippen LogP contribution in [0.5, 0.6) is 0 Å². The Labute approximate surface area is 192 Å². The van der Waals surface area contributed by atoms with Crippen molar-refractivity contribution < 1.29 is 13.3 Å². The summed E-state index contributed by atoms with van der Waals surface area (Å²) in [6, 6.07) is 12.0. The Hall–Kier alpha value is -3.02. The molecule has 0 bridgehead atoms. The summed E-state index contributed by atoms with van der Waals surface area (Å²) in [5.41, 5.74) is 2.17. The van der Waals surface area contributed by atoms with Gasteiger partial charge in [0.2, 0.25) is 10.0 Å². The molecule has 0 radical (unpaired) electrons. The number of fused-ring (bicyclic) bond motifs is 1. The minimum atomic E-state index is -3.83. The maximum absolute atomic E-state index is 12.6. The maximum Gasteiger partial charge on any atom is 0.293 e. The number of piperidine rings is 1. The fraction of sp³-hybridized carbons (Fsp3) is 0.409. The molecule has 1 aliphatic rings. The molecule has 0 saturated carbocycles. The van der Waals surface area contributed by atoms with Crippen LogP contribution in [0.3, 0.4) is 0 Å². The van der Waals surface area contributed by atoms with Crippen molar-refractivity contribution in [3.05, 3.63) is 58.4 Å². The molecule has 3 aromatic rings. The molecule has 0 spiro atoms. The minimum Gasteiger partial charge on any atom is -0.366 e. The van der Waals surface area contributed by atoms with Gasteiger partial charge in [0.05, 0.1) is 20.9 Å². The summed E-state index contributed by atoms with van der Waals surface area (Å²) in [6.07, 6.45) is 1.59. The molecule has 33 heavy (non-hydrogen) atoms. The molecule has 11 heteroatoms. The number of nitro groups is 1. The second-order valence-electron chi connectivity index (χ2n) is 8.51. The zero-order valence-electron chi connectivity index (χ0n) is 18.7. The van der Waals surface area contributed by atoms with Crippen molar-refractivity contribution in [1.29, 1.82) is 0 Å². The number of para-hydroxylation sites is 2. The van der Waals surface area contributed by atoms with Crippen molar-refractivity contribution in [1.82, 2.24) is 19.6 Å². The number of H-pyrrole nitrogens is 1. The smallest absolute Gasteiger partial charge is 0.293 e. The third-order valence-corrected chi connectivity index (χ3v) is 7.39. The van der Waals surface area contributed by atoms with Crippen LogP contribution in [0.1, 0.15) is 24.6 Å². The number of sulfonamides is 1. The third-order valence-electron chi connectivity index (χ3n) is 5.94. The van der Waals surface area contributed by atoms with Gasteiger partial charge in [0, 0.05) is 38.2 Å². The van der Waals surface area contributed by atoms with E-state index >= 15 is 0 Å². The summed E-state index contributed by atoms with van der Waals surface area (Å²) in [6.45, 7) is 1.99. The van der Waals surface area contributed by atoms with Gasteiger partial charge in [-0.1, -0.05) is 12.1 Å². The highest BCUT2D eigenvalue weighted by molar-refractivity contribution is 7.89. The Kier molecular flexibility index (Phi) is 6.63. The summed E-state index contributed by atoms with van der Waals surface area (Å²) in [5.74, 6) is 1.18. The van der Waals surface area contributed by atoms with Gasteiger partial charge in [-0.2, -0.15) is 0 Å². The number of imidazole rings is 1. The zero-order valence-corrected chi connectivity index (χ0v) is 19.5. The molecule has 1 saturated heterocycles.